The topological polar surface area (TPSA) is 49.3 Å². The van der Waals surface area contributed by atoms with Crippen molar-refractivity contribution in [3.8, 4) is 0 Å². The van der Waals surface area contributed by atoms with E-state index < -0.39 is 11.9 Å². The number of anilines is 1. The second-order valence-electron chi connectivity index (χ2n) is 5.03. The zero-order chi connectivity index (χ0) is 15.4. The molecule has 110 valence electrons. The lowest BCUT2D eigenvalue weighted by atomic mass is 10.1. The maximum absolute atomic E-state index is 13.7. The second-order valence-corrected chi connectivity index (χ2v) is 5.03. The van der Waals surface area contributed by atoms with E-state index in [0.717, 1.165) is 11.1 Å². The highest BCUT2D eigenvalue weighted by Gasteiger charge is 2.14. The van der Waals surface area contributed by atoms with E-state index in [4.69, 9.17) is 0 Å². The highest BCUT2D eigenvalue weighted by atomic mass is 19.1. The maximum Gasteiger partial charge on any atom is 0.164 e. The number of halogens is 1. The van der Waals surface area contributed by atoms with Gasteiger partial charge in [-0.3, -0.25) is 4.79 Å². The Balaban J connectivity index is 2.13. The van der Waals surface area contributed by atoms with Gasteiger partial charge in [-0.25, -0.2) is 4.39 Å². The number of carbonyl (C=O) groups is 1. The van der Waals surface area contributed by atoms with Gasteiger partial charge >= 0.3 is 0 Å². The van der Waals surface area contributed by atoms with Gasteiger partial charge in [0.15, 0.2) is 5.78 Å². The van der Waals surface area contributed by atoms with E-state index in [1.165, 1.54) is 19.1 Å². The first kappa shape index (κ1) is 15.2. The Kier molecular flexibility index (Phi) is 4.70. The van der Waals surface area contributed by atoms with Crippen LogP contribution in [0.3, 0.4) is 0 Å². The van der Waals surface area contributed by atoms with E-state index in [1.807, 2.05) is 31.2 Å². The lowest BCUT2D eigenvalue weighted by molar-refractivity contribution is 0.101. The van der Waals surface area contributed by atoms with Crippen molar-refractivity contribution >= 4 is 11.5 Å². The van der Waals surface area contributed by atoms with Crippen molar-refractivity contribution in [2.45, 2.75) is 20.0 Å². The molecule has 2 aromatic rings. The van der Waals surface area contributed by atoms with Gasteiger partial charge in [-0.2, -0.15) is 0 Å². The molecule has 0 bridgehead atoms. The molecule has 0 fully saturated rings. The average molecular weight is 287 g/mol. The van der Waals surface area contributed by atoms with E-state index in [-0.39, 0.29) is 17.9 Å². The molecule has 4 heteroatoms. The number of aliphatic hydroxyl groups excluding tert-OH is 1. The summed E-state index contributed by atoms with van der Waals surface area (Å²) in [5.41, 5.74) is 2.26. The van der Waals surface area contributed by atoms with Crippen LogP contribution in [0.25, 0.3) is 0 Å². The van der Waals surface area contributed by atoms with Crippen LogP contribution in [-0.4, -0.2) is 17.4 Å². The van der Waals surface area contributed by atoms with Gasteiger partial charge in [0.05, 0.1) is 11.7 Å². The van der Waals surface area contributed by atoms with Crippen molar-refractivity contribution in [2.75, 3.05) is 11.9 Å². The lowest BCUT2D eigenvalue weighted by Gasteiger charge is -2.15. The Morgan fingerprint density at radius 3 is 2.67 bits per heavy atom. The first-order chi connectivity index (χ1) is 9.99. The summed E-state index contributed by atoms with van der Waals surface area (Å²) >= 11 is 0. The molecule has 2 N–H and O–H groups in total. The SMILES string of the molecule is CC(=O)c1c(F)cccc1NCC(O)c1cccc(C)c1. The minimum Gasteiger partial charge on any atom is -0.387 e. The third-order valence-electron chi connectivity index (χ3n) is 3.28. The summed E-state index contributed by atoms with van der Waals surface area (Å²) in [5.74, 6) is -0.904. The predicted molar refractivity (Wildman–Crippen MR) is 81.0 cm³/mol. The number of aryl methyl sites for hydroxylation is 1. The van der Waals surface area contributed by atoms with Crippen LogP contribution in [0.5, 0.6) is 0 Å². The quantitative estimate of drug-likeness (QED) is 0.828. The van der Waals surface area contributed by atoms with Crippen molar-refractivity contribution in [3.63, 3.8) is 0 Å². The molecule has 0 aromatic heterocycles. The van der Waals surface area contributed by atoms with Crippen LogP contribution < -0.4 is 5.32 Å². The zero-order valence-electron chi connectivity index (χ0n) is 12.1. The fraction of sp³-hybridized carbons (Fsp3) is 0.235. The maximum atomic E-state index is 13.7. The third-order valence-corrected chi connectivity index (χ3v) is 3.28. The summed E-state index contributed by atoms with van der Waals surface area (Å²) in [6, 6.07) is 12.0. The summed E-state index contributed by atoms with van der Waals surface area (Å²) in [6.07, 6.45) is -0.729. The molecule has 0 amide bonds. The number of ketones is 1. The van der Waals surface area contributed by atoms with E-state index in [1.54, 1.807) is 6.07 Å². The molecule has 0 spiro atoms. The zero-order valence-corrected chi connectivity index (χ0v) is 12.1. The molecule has 1 atom stereocenters. The standard InChI is InChI=1S/C17H18FNO2/c1-11-5-3-6-13(9-11)16(21)10-19-15-8-4-7-14(18)17(15)12(2)20/h3-9,16,19,21H,10H2,1-2H3. The van der Waals surface area contributed by atoms with Gasteiger partial charge in [0.2, 0.25) is 0 Å². The van der Waals surface area contributed by atoms with Crippen LogP contribution in [0.1, 0.15) is 34.5 Å². The van der Waals surface area contributed by atoms with Crippen molar-refractivity contribution < 1.29 is 14.3 Å². The highest BCUT2D eigenvalue weighted by molar-refractivity contribution is 5.99. The first-order valence-electron chi connectivity index (χ1n) is 6.77. The summed E-state index contributed by atoms with van der Waals surface area (Å²) in [6.45, 7) is 3.47. The number of hydrogen-bond donors (Lipinski definition) is 2. The fourth-order valence-electron chi connectivity index (χ4n) is 2.23. The Morgan fingerprint density at radius 1 is 1.29 bits per heavy atom. The molecule has 0 saturated carbocycles. The minimum atomic E-state index is -0.729. The Labute approximate surface area is 123 Å². The van der Waals surface area contributed by atoms with Gasteiger partial charge in [-0.1, -0.05) is 35.9 Å². The molecule has 0 radical (unpaired) electrons. The molecule has 0 aliphatic carbocycles. The number of carbonyl (C=O) groups excluding carboxylic acids is 1. The lowest BCUT2D eigenvalue weighted by Crippen LogP contribution is -2.14. The summed E-state index contributed by atoms with van der Waals surface area (Å²) in [4.78, 5) is 11.5. The van der Waals surface area contributed by atoms with Crippen molar-refractivity contribution in [2.24, 2.45) is 0 Å². The van der Waals surface area contributed by atoms with Crippen molar-refractivity contribution in [3.05, 3.63) is 65.0 Å². The third kappa shape index (κ3) is 3.67. The van der Waals surface area contributed by atoms with E-state index in [9.17, 15) is 14.3 Å². The van der Waals surface area contributed by atoms with Crippen LogP contribution in [0.4, 0.5) is 10.1 Å². The smallest absolute Gasteiger partial charge is 0.164 e. The van der Waals surface area contributed by atoms with Gasteiger partial charge in [-0.05, 0) is 31.5 Å². The van der Waals surface area contributed by atoms with Crippen LogP contribution in [-0.2, 0) is 0 Å². The molecule has 1 unspecified atom stereocenters. The summed E-state index contributed by atoms with van der Waals surface area (Å²) in [7, 11) is 0. The molecule has 0 aliphatic rings. The average Bonchev–Trinajstić information content (AvgIpc) is 2.44. The first-order valence-corrected chi connectivity index (χ1v) is 6.77. The number of nitrogens with one attached hydrogen (secondary N) is 1. The van der Waals surface area contributed by atoms with E-state index in [2.05, 4.69) is 5.32 Å². The summed E-state index contributed by atoms with van der Waals surface area (Å²) in [5, 5.41) is 13.1. The van der Waals surface area contributed by atoms with Gasteiger partial charge in [-0.15, -0.1) is 0 Å². The van der Waals surface area contributed by atoms with Crippen LogP contribution in [0.15, 0.2) is 42.5 Å². The number of hydrogen-bond acceptors (Lipinski definition) is 3. The molecule has 0 saturated heterocycles. The van der Waals surface area contributed by atoms with Gasteiger partial charge in [0.25, 0.3) is 0 Å². The molecule has 0 heterocycles. The second kappa shape index (κ2) is 6.50. The van der Waals surface area contributed by atoms with Crippen LogP contribution in [0, 0.1) is 12.7 Å². The number of benzene rings is 2. The van der Waals surface area contributed by atoms with Gasteiger partial charge in [0.1, 0.15) is 5.82 Å². The largest absolute Gasteiger partial charge is 0.387 e. The Morgan fingerprint density at radius 2 is 2.00 bits per heavy atom. The Hall–Kier alpha value is -2.20. The fourth-order valence-corrected chi connectivity index (χ4v) is 2.23. The van der Waals surface area contributed by atoms with Crippen molar-refractivity contribution in [1.29, 1.82) is 0 Å². The number of aliphatic hydroxyl groups is 1. The van der Waals surface area contributed by atoms with Gasteiger partial charge < -0.3 is 10.4 Å². The minimum absolute atomic E-state index is 0.0222. The molecule has 21 heavy (non-hydrogen) atoms. The molecule has 3 nitrogen and oxygen atoms in total. The van der Waals surface area contributed by atoms with E-state index in [0.29, 0.717) is 5.69 Å². The molecule has 2 rings (SSSR count). The van der Waals surface area contributed by atoms with Crippen LogP contribution >= 0.6 is 0 Å². The molecular weight excluding hydrogens is 269 g/mol. The van der Waals surface area contributed by atoms with Crippen LogP contribution in [0.2, 0.25) is 0 Å². The molecule has 0 aliphatic heterocycles. The monoisotopic (exact) mass is 287 g/mol. The van der Waals surface area contributed by atoms with Crippen molar-refractivity contribution in [1.82, 2.24) is 0 Å². The molecule has 2 aromatic carbocycles. The van der Waals surface area contributed by atoms with Gasteiger partial charge in [0, 0.05) is 12.2 Å². The summed E-state index contributed by atoms with van der Waals surface area (Å²) < 4.78 is 13.7. The normalized spacial score (nSPS) is 12.0. The Bertz CT molecular complexity index is 655. The predicted octanol–water partition coefficient (Wildman–Crippen LogP) is 3.48. The molecular formula is C17H18FNO2. The van der Waals surface area contributed by atoms with E-state index >= 15 is 0 Å². The number of Topliss-reactive ketones (excluding diaryl/α,β-unsaturated/α-hetero) is 1. The highest BCUT2D eigenvalue weighted by Crippen LogP contribution is 2.21. The number of rotatable bonds is 5.